The Morgan fingerprint density at radius 1 is 0.514 bits per heavy atom. The molecule has 0 saturated heterocycles. The van der Waals surface area contributed by atoms with Gasteiger partial charge in [0.05, 0.1) is 25.2 Å². The van der Waals surface area contributed by atoms with E-state index in [1.54, 1.807) is 0 Å². The van der Waals surface area contributed by atoms with E-state index in [1.807, 2.05) is 0 Å². The Balaban J connectivity index is -0.000000569. The Labute approximate surface area is 223 Å². The molecule has 0 radical (unpaired) electrons. The number of aliphatic carboxylic acids is 2. The smallest absolute Gasteiger partial charge is 0.545 e. The molecule has 0 aromatic heterocycles. The predicted molar refractivity (Wildman–Crippen MR) is 126 cm³/mol. The molecule has 9 heteroatoms. The van der Waals surface area contributed by atoms with E-state index < -0.39 is 23.9 Å². The summed E-state index contributed by atoms with van der Waals surface area (Å²) in [5, 5.41) is 20.0. The summed E-state index contributed by atoms with van der Waals surface area (Å²) in [6.45, 7) is 5.06. The molecule has 0 atom stereocenters. The maximum absolute atomic E-state index is 10.9. The minimum atomic E-state index is -1.39. The van der Waals surface area contributed by atoms with E-state index in [0.717, 1.165) is 50.7 Å². The van der Waals surface area contributed by atoms with Gasteiger partial charge in [0, 0.05) is 12.2 Å². The van der Waals surface area contributed by atoms with Gasteiger partial charge < -0.3 is 29.3 Å². The first-order valence-electron chi connectivity index (χ1n) is 12.4. The van der Waals surface area contributed by atoms with Crippen molar-refractivity contribution in [2.24, 2.45) is 0 Å². The number of unbranched alkanes of at least 4 members (excludes halogenated alkanes) is 12. The first kappa shape index (κ1) is 37.5. The van der Waals surface area contributed by atoms with Crippen LogP contribution in [-0.4, -0.2) is 37.1 Å². The van der Waals surface area contributed by atoms with Crippen molar-refractivity contribution in [3.8, 4) is 0 Å². The van der Waals surface area contributed by atoms with Crippen LogP contribution in [0.15, 0.2) is 24.3 Å². The van der Waals surface area contributed by atoms with Crippen molar-refractivity contribution in [1.82, 2.24) is 0 Å². The van der Waals surface area contributed by atoms with Gasteiger partial charge in [0.1, 0.15) is 0 Å². The number of carbonyl (C=O) groups excluding carboxylic acids is 4. The fraction of sp³-hybridized carbons (Fsp3) is 0.692. The van der Waals surface area contributed by atoms with Crippen LogP contribution in [0.1, 0.15) is 104 Å². The number of carboxylic acids is 2. The topological polar surface area (TPSA) is 133 Å². The molecule has 0 amide bonds. The second kappa shape index (κ2) is 30.0. The average molecular weight is 548 g/mol. The average Bonchev–Trinajstić information content (AvgIpc) is 2.80. The number of ether oxygens (including phenoxy) is 2. The molecule has 0 saturated carbocycles. The van der Waals surface area contributed by atoms with Gasteiger partial charge in [0.25, 0.3) is 0 Å². The minimum absolute atomic E-state index is 0. The monoisotopic (exact) mass is 546 g/mol. The molecular weight excluding hydrogens is 506 g/mol. The van der Waals surface area contributed by atoms with Gasteiger partial charge in [-0.1, -0.05) is 90.9 Å². The molecule has 0 heterocycles. The van der Waals surface area contributed by atoms with Crippen LogP contribution in [0.5, 0.6) is 0 Å². The summed E-state index contributed by atoms with van der Waals surface area (Å²) >= 11 is 0. The summed E-state index contributed by atoms with van der Waals surface area (Å²) in [4.78, 5) is 41.8. The second-order valence-corrected chi connectivity index (χ2v) is 7.88. The third kappa shape index (κ3) is 36.7. The zero-order chi connectivity index (χ0) is 25.9. The van der Waals surface area contributed by atoms with Crippen LogP contribution in [-0.2, 0) is 48.1 Å². The molecule has 0 aliphatic carbocycles. The molecule has 35 heavy (non-hydrogen) atoms. The Morgan fingerprint density at radius 2 is 0.800 bits per heavy atom. The van der Waals surface area contributed by atoms with Crippen LogP contribution in [0.25, 0.3) is 0 Å². The number of hydrogen-bond donors (Lipinski definition) is 0. The van der Waals surface area contributed by atoms with Gasteiger partial charge in [-0.15, -0.1) is 0 Å². The molecule has 196 valence electrons. The van der Waals surface area contributed by atoms with Crippen LogP contribution in [0.3, 0.4) is 0 Å². The molecule has 0 spiro atoms. The Kier molecular flexibility index (Phi) is 32.2. The standard InChI is InChI=1S/2C13H22O4.Zn/c2*1-2-3-4-5-6-7-8-11-17-13(16)10-9-12(14)15;/h2*9-10H,2-8,11H2,1H3,(H,14,15);/q;;+2/p-2/b2*10-9-;. The molecular formula is C26H42O8Zn. The molecule has 0 aromatic carbocycles. The van der Waals surface area contributed by atoms with E-state index in [4.69, 9.17) is 9.47 Å². The summed E-state index contributed by atoms with van der Waals surface area (Å²) in [7, 11) is 0. The van der Waals surface area contributed by atoms with Gasteiger partial charge in [-0.3, -0.25) is 0 Å². The maximum atomic E-state index is 10.9. The summed E-state index contributed by atoms with van der Waals surface area (Å²) in [5.74, 6) is -4.03. The van der Waals surface area contributed by atoms with Crippen LogP contribution >= 0.6 is 0 Å². The molecule has 8 nitrogen and oxygen atoms in total. The third-order valence-corrected chi connectivity index (χ3v) is 4.70. The molecule has 0 aliphatic heterocycles. The van der Waals surface area contributed by atoms with Crippen LogP contribution in [0.2, 0.25) is 0 Å². The molecule has 0 aliphatic rings. The summed E-state index contributed by atoms with van der Waals surface area (Å²) in [6, 6.07) is 0. The van der Waals surface area contributed by atoms with Crippen molar-refractivity contribution in [3.05, 3.63) is 24.3 Å². The zero-order valence-corrected chi connectivity index (χ0v) is 24.6. The van der Waals surface area contributed by atoms with E-state index in [9.17, 15) is 29.4 Å². The molecule has 0 aromatic rings. The molecule has 0 fully saturated rings. The van der Waals surface area contributed by atoms with E-state index in [1.165, 1.54) is 51.4 Å². The largest absolute Gasteiger partial charge is 2.00 e. The van der Waals surface area contributed by atoms with Crippen molar-refractivity contribution in [1.29, 1.82) is 0 Å². The SMILES string of the molecule is CCCCCCCCCOC(=O)/C=C\C(=O)[O-].CCCCCCCCCOC(=O)/C=C\C(=O)[O-].[Zn+2]. The first-order chi connectivity index (χ1) is 16.3. The quantitative estimate of drug-likeness (QED) is 0.0982. The number of rotatable bonds is 20. The third-order valence-electron chi connectivity index (χ3n) is 4.70. The minimum Gasteiger partial charge on any atom is -0.545 e. The van der Waals surface area contributed by atoms with Crippen LogP contribution < -0.4 is 10.2 Å². The van der Waals surface area contributed by atoms with Gasteiger partial charge in [-0.25, -0.2) is 9.59 Å². The number of hydrogen-bond acceptors (Lipinski definition) is 8. The second-order valence-electron chi connectivity index (χ2n) is 7.88. The van der Waals surface area contributed by atoms with E-state index >= 15 is 0 Å². The van der Waals surface area contributed by atoms with Gasteiger partial charge in [-0.05, 0) is 25.0 Å². The fourth-order valence-electron chi connectivity index (χ4n) is 2.83. The Hall–Kier alpha value is -2.02. The van der Waals surface area contributed by atoms with Crippen molar-refractivity contribution >= 4 is 23.9 Å². The summed E-state index contributed by atoms with van der Waals surface area (Å²) in [5.41, 5.74) is 0. The first-order valence-corrected chi connectivity index (χ1v) is 12.4. The summed E-state index contributed by atoms with van der Waals surface area (Å²) in [6.07, 6.45) is 19.2. The number of esters is 2. The number of carboxylic acid groups (broad SMARTS) is 2. The molecule has 0 bridgehead atoms. The number of carbonyl (C=O) groups is 4. The van der Waals surface area contributed by atoms with Gasteiger partial charge in [-0.2, -0.15) is 0 Å². The van der Waals surface area contributed by atoms with E-state index in [0.29, 0.717) is 25.4 Å². The zero-order valence-electron chi connectivity index (χ0n) is 21.6. The fourth-order valence-corrected chi connectivity index (χ4v) is 2.83. The Morgan fingerprint density at radius 3 is 1.09 bits per heavy atom. The van der Waals surface area contributed by atoms with Crippen molar-refractivity contribution in [2.75, 3.05) is 13.2 Å². The van der Waals surface area contributed by atoms with Gasteiger partial charge in [0.2, 0.25) is 0 Å². The van der Waals surface area contributed by atoms with Crippen LogP contribution in [0, 0.1) is 0 Å². The van der Waals surface area contributed by atoms with Gasteiger partial charge >= 0.3 is 31.4 Å². The maximum Gasteiger partial charge on any atom is 2.00 e. The van der Waals surface area contributed by atoms with Crippen molar-refractivity contribution < 1.29 is 58.3 Å². The van der Waals surface area contributed by atoms with Crippen molar-refractivity contribution in [3.63, 3.8) is 0 Å². The van der Waals surface area contributed by atoms with Crippen LogP contribution in [0.4, 0.5) is 0 Å². The molecule has 0 N–H and O–H groups in total. The summed E-state index contributed by atoms with van der Waals surface area (Å²) < 4.78 is 9.61. The van der Waals surface area contributed by atoms with Crippen molar-refractivity contribution in [2.45, 2.75) is 104 Å². The van der Waals surface area contributed by atoms with E-state index in [2.05, 4.69) is 13.8 Å². The normalized spacial score (nSPS) is 10.3. The van der Waals surface area contributed by atoms with Gasteiger partial charge in [0.15, 0.2) is 0 Å². The predicted octanol–water partition coefficient (Wildman–Crippen LogP) is 3.17. The molecule has 0 unspecified atom stereocenters. The Bertz CT molecular complexity index is 550. The van der Waals surface area contributed by atoms with E-state index in [-0.39, 0.29) is 19.5 Å². The molecule has 0 rings (SSSR count).